The lowest BCUT2D eigenvalue weighted by Gasteiger charge is -2.28. The van der Waals surface area contributed by atoms with E-state index in [1.165, 1.54) is 4.90 Å². The first-order valence-corrected chi connectivity index (χ1v) is 9.92. The lowest BCUT2D eigenvalue weighted by molar-refractivity contribution is -0.149. The smallest absolute Gasteiger partial charge is 0.326 e. The van der Waals surface area contributed by atoms with E-state index < -0.39 is 54.5 Å². The summed E-state index contributed by atoms with van der Waals surface area (Å²) in [5.74, 6) is -3.20. The largest absolute Gasteiger partial charge is 0.480 e. The number of hydrogen-bond acceptors (Lipinski definition) is 7. The first-order chi connectivity index (χ1) is 13.2. The van der Waals surface area contributed by atoms with Gasteiger partial charge < -0.3 is 31.5 Å². The lowest BCUT2D eigenvalue weighted by Crippen LogP contribution is -2.59. The van der Waals surface area contributed by atoms with Crippen LogP contribution in [0.25, 0.3) is 0 Å². The molecular formula is C17H30N4O6S. The summed E-state index contributed by atoms with van der Waals surface area (Å²) in [6.07, 6.45) is 1.57. The Morgan fingerprint density at radius 1 is 1.21 bits per heavy atom. The minimum atomic E-state index is -1.29. The molecule has 1 aliphatic heterocycles. The zero-order chi connectivity index (χ0) is 21.4. The molecule has 0 aromatic heterocycles. The van der Waals surface area contributed by atoms with Gasteiger partial charge in [-0.2, -0.15) is 12.6 Å². The molecule has 0 aromatic rings. The van der Waals surface area contributed by atoms with Crippen molar-refractivity contribution >= 4 is 36.3 Å². The number of carbonyl (C=O) groups is 4. The minimum absolute atomic E-state index is 0.0636. The summed E-state index contributed by atoms with van der Waals surface area (Å²) in [7, 11) is 0. The highest BCUT2D eigenvalue weighted by molar-refractivity contribution is 7.80. The van der Waals surface area contributed by atoms with Gasteiger partial charge in [-0.05, 0) is 18.8 Å². The molecular weight excluding hydrogens is 388 g/mol. The Bertz CT molecular complexity index is 590. The number of aliphatic carboxylic acids is 1. The summed E-state index contributed by atoms with van der Waals surface area (Å²) >= 11 is 4.06. The summed E-state index contributed by atoms with van der Waals surface area (Å²) in [4.78, 5) is 49.7. The molecule has 5 unspecified atom stereocenters. The molecule has 11 heteroatoms. The summed E-state index contributed by atoms with van der Waals surface area (Å²) < 4.78 is 0. The summed E-state index contributed by atoms with van der Waals surface area (Å²) in [5, 5.41) is 23.5. The molecule has 1 aliphatic rings. The van der Waals surface area contributed by atoms with Crippen LogP contribution in [0, 0.1) is 5.92 Å². The van der Waals surface area contributed by atoms with Crippen molar-refractivity contribution in [2.45, 2.75) is 57.3 Å². The van der Waals surface area contributed by atoms with E-state index in [4.69, 9.17) is 5.73 Å². The van der Waals surface area contributed by atoms with Gasteiger partial charge in [0.2, 0.25) is 17.7 Å². The minimum Gasteiger partial charge on any atom is -0.480 e. The third-order valence-electron chi connectivity index (χ3n) is 4.99. The molecule has 0 aliphatic carbocycles. The van der Waals surface area contributed by atoms with E-state index in [9.17, 15) is 29.4 Å². The van der Waals surface area contributed by atoms with E-state index in [0.29, 0.717) is 19.3 Å². The molecule has 1 heterocycles. The number of nitrogens with two attached hydrogens (primary N) is 1. The second-order valence-electron chi connectivity index (χ2n) is 6.93. The number of carboxylic acids is 1. The zero-order valence-corrected chi connectivity index (χ0v) is 17.0. The number of aliphatic hydroxyl groups is 1. The fourth-order valence-corrected chi connectivity index (χ4v) is 3.17. The van der Waals surface area contributed by atoms with Crippen LogP contribution in [0.5, 0.6) is 0 Å². The van der Waals surface area contributed by atoms with Crippen molar-refractivity contribution in [3.8, 4) is 0 Å². The van der Waals surface area contributed by atoms with Crippen molar-refractivity contribution < 1.29 is 29.4 Å². The molecule has 5 atom stereocenters. The molecule has 28 heavy (non-hydrogen) atoms. The Morgan fingerprint density at radius 3 is 2.32 bits per heavy atom. The van der Waals surface area contributed by atoms with Gasteiger partial charge in [0.1, 0.15) is 18.1 Å². The maximum atomic E-state index is 12.6. The van der Waals surface area contributed by atoms with Gasteiger partial charge in [-0.1, -0.05) is 20.3 Å². The van der Waals surface area contributed by atoms with Gasteiger partial charge in [-0.3, -0.25) is 14.4 Å². The van der Waals surface area contributed by atoms with E-state index >= 15 is 0 Å². The molecule has 0 aromatic carbocycles. The van der Waals surface area contributed by atoms with Crippen LogP contribution < -0.4 is 16.4 Å². The van der Waals surface area contributed by atoms with E-state index in [1.54, 1.807) is 6.92 Å². The zero-order valence-electron chi connectivity index (χ0n) is 16.1. The van der Waals surface area contributed by atoms with Crippen molar-refractivity contribution in [1.29, 1.82) is 0 Å². The summed E-state index contributed by atoms with van der Waals surface area (Å²) in [6, 6.07) is -4.14. The second kappa shape index (κ2) is 11.2. The number of nitrogens with zero attached hydrogens (tertiary/aromatic N) is 1. The van der Waals surface area contributed by atoms with Crippen LogP contribution in [0.1, 0.15) is 33.1 Å². The summed E-state index contributed by atoms with van der Waals surface area (Å²) in [6.45, 7) is 3.27. The van der Waals surface area contributed by atoms with Crippen molar-refractivity contribution in [1.82, 2.24) is 15.5 Å². The first kappa shape index (κ1) is 24.2. The first-order valence-electron chi connectivity index (χ1n) is 9.29. The topological polar surface area (TPSA) is 162 Å². The van der Waals surface area contributed by atoms with Gasteiger partial charge in [0.25, 0.3) is 0 Å². The molecule has 1 fully saturated rings. The average molecular weight is 419 g/mol. The summed E-state index contributed by atoms with van der Waals surface area (Å²) in [5.41, 5.74) is 5.82. The Hall–Kier alpha value is -1.85. The third-order valence-corrected chi connectivity index (χ3v) is 5.36. The maximum Gasteiger partial charge on any atom is 0.326 e. The molecule has 160 valence electrons. The number of hydrogen-bond donors (Lipinski definition) is 6. The molecule has 1 saturated heterocycles. The Balaban J connectivity index is 2.76. The van der Waals surface area contributed by atoms with Crippen LogP contribution in [0.3, 0.4) is 0 Å². The molecule has 0 saturated carbocycles. The van der Waals surface area contributed by atoms with Crippen molar-refractivity contribution in [2.75, 3.05) is 18.9 Å². The highest BCUT2D eigenvalue weighted by atomic mass is 32.1. The van der Waals surface area contributed by atoms with Crippen LogP contribution in [0.2, 0.25) is 0 Å². The van der Waals surface area contributed by atoms with Gasteiger partial charge in [-0.25, -0.2) is 4.79 Å². The molecule has 1 rings (SSSR count). The predicted octanol–water partition coefficient (Wildman–Crippen LogP) is -1.67. The highest BCUT2D eigenvalue weighted by Crippen LogP contribution is 2.18. The second-order valence-corrected chi connectivity index (χ2v) is 7.29. The maximum absolute atomic E-state index is 12.6. The molecule has 10 nitrogen and oxygen atoms in total. The van der Waals surface area contributed by atoms with Crippen LogP contribution >= 0.6 is 12.6 Å². The molecule has 0 bridgehead atoms. The number of carboxylic acid groups (broad SMARTS) is 1. The van der Waals surface area contributed by atoms with Gasteiger partial charge in [-0.15, -0.1) is 0 Å². The fourth-order valence-electron chi connectivity index (χ4n) is 2.92. The normalized spacial score (nSPS) is 20.8. The number of aliphatic hydroxyl groups excluding tert-OH is 1. The Kier molecular flexibility index (Phi) is 9.70. The SMILES string of the molecule is CCC(C)C(N)C(=O)NC(CO)C(=O)NC(CS)C(=O)N1CCCC1C(=O)O. The quantitative estimate of drug-likeness (QED) is 0.231. The van der Waals surface area contributed by atoms with Crippen LogP contribution in [-0.4, -0.2) is 81.9 Å². The van der Waals surface area contributed by atoms with Gasteiger partial charge in [0.05, 0.1) is 12.6 Å². The highest BCUT2D eigenvalue weighted by Gasteiger charge is 2.38. The number of carbonyl (C=O) groups excluding carboxylic acids is 3. The Morgan fingerprint density at radius 2 is 1.82 bits per heavy atom. The van der Waals surface area contributed by atoms with E-state index in [-0.39, 0.29) is 18.2 Å². The predicted molar refractivity (Wildman–Crippen MR) is 105 cm³/mol. The van der Waals surface area contributed by atoms with Gasteiger partial charge in [0.15, 0.2) is 0 Å². The van der Waals surface area contributed by atoms with Gasteiger partial charge in [0, 0.05) is 12.3 Å². The number of rotatable bonds is 10. The van der Waals surface area contributed by atoms with Crippen molar-refractivity contribution in [3.63, 3.8) is 0 Å². The monoisotopic (exact) mass is 418 g/mol. The van der Waals surface area contributed by atoms with E-state index in [0.717, 1.165) is 0 Å². The average Bonchev–Trinajstić information content (AvgIpc) is 3.18. The Labute approximate surface area is 169 Å². The molecule has 6 N–H and O–H groups in total. The van der Waals surface area contributed by atoms with Gasteiger partial charge >= 0.3 is 5.97 Å². The number of amides is 3. The molecule has 0 radical (unpaired) electrons. The van der Waals surface area contributed by atoms with Crippen LogP contribution in [0.15, 0.2) is 0 Å². The number of nitrogens with one attached hydrogen (secondary N) is 2. The third kappa shape index (κ3) is 6.08. The van der Waals surface area contributed by atoms with E-state index in [2.05, 4.69) is 23.3 Å². The fraction of sp³-hybridized carbons (Fsp3) is 0.765. The number of likely N-dealkylation sites (tertiary alicyclic amines) is 1. The molecule has 0 spiro atoms. The number of thiol groups is 1. The standard InChI is InChI=1S/C17H30N4O6S/c1-3-9(2)13(18)15(24)19-10(7-22)14(23)20-11(8-28)16(25)21-6-4-5-12(21)17(26)27/h9-13,22,28H,3-8,18H2,1-2H3,(H,19,24)(H,20,23)(H,26,27). The lowest BCUT2D eigenvalue weighted by atomic mass is 9.99. The molecule has 3 amide bonds. The van der Waals surface area contributed by atoms with Crippen LogP contribution in [-0.2, 0) is 19.2 Å². The van der Waals surface area contributed by atoms with E-state index in [1.807, 2.05) is 6.92 Å². The van der Waals surface area contributed by atoms with Crippen LogP contribution in [0.4, 0.5) is 0 Å². The van der Waals surface area contributed by atoms with Crippen molar-refractivity contribution in [2.24, 2.45) is 11.7 Å². The van der Waals surface area contributed by atoms with Crippen molar-refractivity contribution in [3.05, 3.63) is 0 Å².